The van der Waals surface area contributed by atoms with Gasteiger partial charge < -0.3 is 10.1 Å². The van der Waals surface area contributed by atoms with E-state index in [2.05, 4.69) is 5.32 Å². The molecule has 0 heterocycles. The lowest BCUT2D eigenvalue weighted by atomic mass is 10.2. The van der Waals surface area contributed by atoms with Gasteiger partial charge in [-0.3, -0.25) is 14.9 Å². The van der Waals surface area contributed by atoms with Crippen LogP contribution >= 0.6 is 11.6 Å². The van der Waals surface area contributed by atoms with Gasteiger partial charge in [-0.15, -0.1) is 0 Å². The molecule has 1 amide bonds. The minimum Gasteiger partial charge on any atom is -0.460 e. The fraction of sp³-hybridized carbons (Fsp3) is 0.273. The van der Waals surface area contributed by atoms with E-state index in [-0.39, 0.29) is 29.6 Å². The summed E-state index contributed by atoms with van der Waals surface area (Å²) >= 11 is 5.62. The molecule has 0 aliphatic heterocycles. The molecule has 0 unspecified atom stereocenters. The number of benzene rings is 1. The molecule has 102 valence electrons. The van der Waals surface area contributed by atoms with Gasteiger partial charge in [-0.2, -0.15) is 0 Å². The second-order valence-electron chi connectivity index (χ2n) is 3.54. The molecule has 0 aromatic heterocycles. The Labute approximate surface area is 113 Å². The molecule has 0 saturated carbocycles. The Morgan fingerprint density at radius 2 is 2.16 bits per heavy atom. The molecule has 0 spiro atoms. The second-order valence-corrected chi connectivity index (χ2v) is 3.97. The third kappa shape index (κ3) is 4.55. The van der Waals surface area contributed by atoms with Gasteiger partial charge >= 0.3 is 5.97 Å². The number of esters is 1. The van der Waals surface area contributed by atoms with E-state index in [1.165, 1.54) is 19.1 Å². The van der Waals surface area contributed by atoms with Crippen LogP contribution in [0.3, 0.4) is 0 Å². The van der Waals surface area contributed by atoms with Gasteiger partial charge in [0.2, 0.25) is 5.91 Å². The van der Waals surface area contributed by atoms with Gasteiger partial charge in [0.15, 0.2) is 0 Å². The lowest BCUT2D eigenvalue weighted by Gasteiger charge is -2.06. The predicted molar refractivity (Wildman–Crippen MR) is 67.1 cm³/mol. The Morgan fingerprint density at radius 1 is 1.47 bits per heavy atom. The van der Waals surface area contributed by atoms with Crippen LogP contribution in [0.5, 0.6) is 0 Å². The topological polar surface area (TPSA) is 98.5 Å². The van der Waals surface area contributed by atoms with Crippen LogP contribution in [0.1, 0.15) is 17.3 Å². The van der Waals surface area contributed by atoms with Crippen molar-refractivity contribution in [1.29, 1.82) is 0 Å². The maximum absolute atomic E-state index is 11.6. The molecule has 19 heavy (non-hydrogen) atoms. The van der Waals surface area contributed by atoms with Crippen LogP contribution in [0, 0.1) is 10.1 Å². The summed E-state index contributed by atoms with van der Waals surface area (Å²) in [7, 11) is 0. The molecule has 0 fully saturated rings. The molecule has 1 rings (SSSR count). The summed E-state index contributed by atoms with van der Waals surface area (Å²) in [5, 5.41) is 13.4. The first-order chi connectivity index (χ1) is 8.91. The number of carbonyl (C=O) groups is 2. The van der Waals surface area contributed by atoms with E-state index in [9.17, 15) is 19.7 Å². The highest BCUT2D eigenvalue weighted by molar-refractivity contribution is 6.31. The van der Waals surface area contributed by atoms with Crippen molar-refractivity contribution in [2.75, 3.05) is 13.2 Å². The van der Waals surface area contributed by atoms with Gasteiger partial charge in [0, 0.05) is 18.0 Å². The van der Waals surface area contributed by atoms with Crippen LogP contribution in [0.2, 0.25) is 5.02 Å². The molecule has 0 aliphatic carbocycles. The van der Waals surface area contributed by atoms with Crippen LogP contribution in [0.15, 0.2) is 18.2 Å². The zero-order valence-corrected chi connectivity index (χ0v) is 10.8. The van der Waals surface area contributed by atoms with Crippen molar-refractivity contribution in [1.82, 2.24) is 5.32 Å². The van der Waals surface area contributed by atoms with Crippen LogP contribution in [-0.2, 0) is 9.53 Å². The molecular formula is C11H11ClN2O5. The average molecular weight is 287 g/mol. The van der Waals surface area contributed by atoms with Gasteiger partial charge in [0.1, 0.15) is 12.2 Å². The Kier molecular flexibility index (Phi) is 5.25. The van der Waals surface area contributed by atoms with Gasteiger partial charge in [-0.1, -0.05) is 11.6 Å². The molecule has 0 bridgehead atoms. The quantitative estimate of drug-likeness (QED) is 0.383. The lowest BCUT2D eigenvalue weighted by molar-refractivity contribution is -0.385. The van der Waals surface area contributed by atoms with Crippen molar-refractivity contribution in [3.63, 3.8) is 0 Å². The third-order valence-electron chi connectivity index (χ3n) is 2.09. The number of halogens is 1. The molecule has 1 aromatic carbocycles. The smallest absolute Gasteiger partial charge is 0.345 e. The van der Waals surface area contributed by atoms with E-state index in [1.807, 2.05) is 0 Å². The van der Waals surface area contributed by atoms with Crippen molar-refractivity contribution in [3.8, 4) is 0 Å². The number of nitrogens with one attached hydrogen (secondary N) is 1. The molecule has 7 nitrogen and oxygen atoms in total. The molecular weight excluding hydrogens is 276 g/mol. The number of nitro groups is 1. The number of nitro benzene ring substituents is 1. The molecule has 1 N–H and O–H groups in total. The van der Waals surface area contributed by atoms with Crippen molar-refractivity contribution >= 4 is 29.2 Å². The number of carbonyl (C=O) groups excluding carboxylic acids is 2. The van der Waals surface area contributed by atoms with Gasteiger partial charge in [0.05, 0.1) is 11.5 Å². The van der Waals surface area contributed by atoms with Crippen molar-refractivity contribution in [3.05, 3.63) is 38.9 Å². The van der Waals surface area contributed by atoms with E-state index >= 15 is 0 Å². The number of ether oxygens (including phenoxy) is 1. The number of hydrogen-bond acceptors (Lipinski definition) is 5. The van der Waals surface area contributed by atoms with Crippen LogP contribution in [0.25, 0.3) is 0 Å². The van der Waals surface area contributed by atoms with E-state index in [0.717, 1.165) is 6.07 Å². The predicted octanol–water partition coefficient (Wildman–Crippen LogP) is 1.54. The highest BCUT2D eigenvalue weighted by Gasteiger charge is 2.21. The van der Waals surface area contributed by atoms with Gasteiger partial charge in [-0.05, 0) is 12.1 Å². The van der Waals surface area contributed by atoms with E-state index in [4.69, 9.17) is 16.3 Å². The molecule has 8 heteroatoms. The summed E-state index contributed by atoms with van der Waals surface area (Å²) in [4.78, 5) is 32.3. The number of rotatable bonds is 5. The molecule has 0 atom stereocenters. The van der Waals surface area contributed by atoms with E-state index < -0.39 is 16.6 Å². The summed E-state index contributed by atoms with van der Waals surface area (Å²) in [5.74, 6) is -1.10. The first kappa shape index (κ1) is 14.9. The summed E-state index contributed by atoms with van der Waals surface area (Å²) in [5.41, 5.74) is -0.603. The fourth-order valence-corrected chi connectivity index (χ4v) is 1.44. The Hall–Kier alpha value is -2.15. The van der Waals surface area contributed by atoms with E-state index in [0.29, 0.717) is 0 Å². The average Bonchev–Trinajstić information content (AvgIpc) is 2.33. The normalized spacial score (nSPS) is 9.79. The SMILES string of the molecule is CC(=O)NCCOC(=O)c1ccc(Cl)cc1[N+](=O)[O-]. The van der Waals surface area contributed by atoms with E-state index in [1.54, 1.807) is 0 Å². The Morgan fingerprint density at radius 3 is 2.74 bits per heavy atom. The largest absolute Gasteiger partial charge is 0.460 e. The second kappa shape index (κ2) is 6.69. The first-order valence-electron chi connectivity index (χ1n) is 5.27. The van der Waals surface area contributed by atoms with Crippen molar-refractivity contribution in [2.45, 2.75) is 6.92 Å². The maximum Gasteiger partial charge on any atom is 0.345 e. The summed E-state index contributed by atoms with van der Waals surface area (Å²) in [6.45, 7) is 1.40. The van der Waals surface area contributed by atoms with Gasteiger partial charge in [-0.25, -0.2) is 4.79 Å². The zero-order chi connectivity index (χ0) is 14.4. The molecule has 1 aromatic rings. The van der Waals surface area contributed by atoms with Gasteiger partial charge in [0.25, 0.3) is 5.69 Å². The highest BCUT2D eigenvalue weighted by atomic mass is 35.5. The van der Waals surface area contributed by atoms with Crippen LogP contribution < -0.4 is 5.32 Å². The number of nitrogens with zero attached hydrogens (tertiary/aromatic N) is 1. The monoisotopic (exact) mass is 286 g/mol. The number of amides is 1. The summed E-state index contributed by atoms with van der Waals surface area (Å²) in [6, 6.07) is 3.66. The Bertz CT molecular complexity index is 518. The molecule has 0 aliphatic rings. The van der Waals surface area contributed by atoms with Crippen molar-refractivity contribution in [2.24, 2.45) is 0 Å². The highest BCUT2D eigenvalue weighted by Crippen LogP contribution is 2.23. The van der Waals surface area contributed by atoms with Crippen molar-refractivity contribution < 1.29 is 19.2 Å². The van der Waals surface area contributed by atoms with Crippen LogP contribution in [-0.4, -0.2) is 30.0 Å². The minimum atomic E-state index is -0.839. The first-order valence-corrected chi connectivity index (χ1v) is 5.65. The third-order valence-corrected chi connectivity index (χ3v) is 2.32. The summed E-state index contributed by atoms with van der Waals surface area (Å²) in [6.07, 6.45) is 0. The maximum atomic E-state index is 11.6. The molecule has 0 radical (unpaired) electrons. The standard InChI is InChI=1S/C11H11ClN2O5/c1-7(15)13-4-5-19-11(16)9-3-2-8(12)6-10(9)14(17)18/h2-3,6H,4-5H2,1H3,(H,13,15). The minimum absolute atomic E-state index is 0.0712. The number of hydrogen-bond donors (Lipinski definition) is 1. The lowest BCUT2D eigenvalue weighted by Crippen LogP contribution is -2.25. The van der Waals surface area contributed by atoms with Crippen LogP contribution in [0.4, 0.5) is 5.69 Å². The molecule has 0 saturated heterocycles. The zero-order valence-electron chi connectivity index (χ0n) is 10.0. The fourth-order valence-electron chi connectivity index (χ4n) is 1.28. The summed E-state index contributed by atoms with van der Waals surface area (Å²) < 4.78 is 4.81. The Balaban J connectivity index is 2.71.